The molecule has 0 aliphatic carbocycles. The monoisotopic (exact) mass is 290 g/mol. The molecule has 0 saturated heterocycles. The van der Waals surface area contributed by atoms with Gasteiger partial charge < -0.3 is 5.11 Å². The van der Waals surface area contributed by atoms with Gasteiger partial charge in [0, 0.05) is 0 Å². The van der Waals surface area contributed by atoms with Crippen LogP contribution in [0.2, 0.25) is 0 Å². The fourth-order valence-corrected chi connectivity index (χ4v) is 3.03. The number of rotatable bonds is 8. The average Bonchev–Trinajstić information content (AvgIpc) is 2.46. The van der Waals surface area contributed by atoms with Crippen molar-refractivity contribution in [3.05, 3.63) is 34.9 Å². The molecule has 0 heterocycles. The Labute approximate surface area is 131 Å². The van der Waals surface area contributed by atoms with Crippen molar-refractivity contribution in [1.29, 1.82) is 0 Å². The number of benzene rings is 1. The van der Waals surface area contributed by atoms with Crippen LogP contribution in [-0.4, -0.2) is 5.11 Å². The van der Waals surface area contributed by atoms with E-state index in [4.69, 9.17) is 0 Å². The predicted octanol–water partition coefficient (Wildman–Crippen LogP) is 6.18. The molecule has 21 heavy (non-hydrogen) atoms. The molecule has 0 aliphatic rings. The van der Waals surface area contributed by atoms with Crippen LogP contribution >= 0.6 is 0 Å². The molecular formula is C20H34O. The highest BCUT2D eigenvalue weighted by Gasteiger charge is 2.22. The zero-order valence-electron chi connectivity index (χ0n) is 14.8. The van der Waals surface area contributed by atoms with Crippen molar-refractivity contribution in [3.8, 4) is 0 Å². The topological polar surface area (TPSA) is 20.2 Å². The Morgan fingerprint density at radius 3 is 2.10 bits per heavy atom. The number of unbranched alkanes of at least 4 members (excludes halogenated alkanes) is 1. The van der Waals surface area contributed by atoms with Crippen LogP contribution in [0.25, 0.3) is 0 Å². The maximum atomic E-state index is 10.9. The smallest absolute Gasteiger partial charge is 0.0820 e. The van der Waals surface area contributed by atoms with Gasteiger partial charge in [-0.3, -0.25) is 0 Å². The third kappa shape index (κ3) is 4.85. The van der Waals surface area contributed by atoms with E-state index in [9.17, 15) is 5.11 Å². The summed E-state index contributed by atoms with van der Waals surface area (Å²) in [6.45, 7) is 13.3. The van der Waals surface area contributed by atoms with Gasteiger partial charge in [-0.15, -0.1) is 0 Å². The molecule has 2 atom stereocenters. The largest absolute Gasteiger partial charge is 0.388 e. The molecule has 0 saturated carbocycles. The fourth-order valence-electron chi connectivity index (χ4n) is 3.03. The van der Waals surface area contributed by atoms with Gasteiger partial charge in [-0.05, 0) is 40.9 Å². The molecule has 0 fully saturated rings. The van der Waals surface area contributed by atoms with Gasteiger partial charge in [-0.1, -0.05) is 79.0 Å². The van der Waals surface area contributed by atoms with E-state index in [1.807, 2.05) is 0 Å². The van der Waals surface area contributed by atoms with E-state index in [0.717, 1.165) is 18.4 Å². The Morgan fingerprint density at radius 1 is 0.952 bits per heavy atom. The van der Waals surface area contributed by atoms with Gasteiger partial charge in [0.05, 0.1) is 6.10 Å². The van der Waals surface area contributed by atoms with Crippen molar-refractivity contribution in [1.82, 2.24) is 0 Å². The van der Waals surface area contributed by atoms with E-state index in [-0.39, 0.29) is 6.10 Å². The summed E-state index contributed by atoms with van der Waals surface area (Å²) in [7, 11) is 0. The summed E-state index contributed by atoms with van der Waals surface area (Å²) in [6.07, 6.45) is 4.26. The van der Waals surface area contributed by atoms with E-state index in [0.29, 0.717) is 17.8 Å². The van der Waals surface area contributed by atoms with Crippen LogP contribution in [0, 0.1) is 5.92 Å². The molecule has 0 aromatic heterocycles. The van der Waals surface area contributed by atoms with Crippen LogP contribution in [0.1, 0.15) is 102 Å². The summed E-state index contributed by atoms with van der Waals surface area (Å²) in [5, 5.41) is 10.9. The van der Waals surface area contributed by atoms with E-state index in [2.05, 4.69) is 59.7 Å². The highest BCUT2D eigenvalue weighted by atomic mass is 16.3. The molecule has 1 rings (SSSR count). The zero-order chi connectivity index (χ0) is 16.0. The number of hydrogen-bond acceptors (Lipinski definition) is 1. The summed E-state index contributed by atoms with van der Waals surface area (Å²) in [6, 6.07) is 6.67. The van der Waals surface area contributed by atoms with Gasteiger partial charge in [0.25, 0.3) is 0 Å². The van der Waals surface area contributed by atoms with Gasteiger partial charge >= 0.3 is 0 Å². The molecule has 0 radical (unpaired) electrons. The second kappa shape index (κ2) is 8.58. The minimum absolute atomic E-state index is 0.319. The molecule has 1 heteroatoms. The lowest BCUT2D eigenvalue weighted by molar-refractivity contribution is 0.0978. The summed E-state index contributed by atoms with van der Waals surface area (Å²) < 4.78 is 0. The third-order valence-electron chi connectivity index (χ3n) is 4.62. The average molecular weight is 290 g/mol. The molecule has 1 N–H and O–H groups in total. The Bertz CT molecular complexity index is 420. The lowest BCUT2D eigenvalue weighted by Crippen LogP contribution is -2.15. The quantitative estimate of drug-likeness (QED) is 0.605. The van der Waals surface area contributed by atoms with Crippen LogP contribution < -0.4 is 0 Å². The summed E-state index contributed by atoms with van der Waals surface area (Å²) >= 11 is 0. The second-order valence-corrected chi connectivity index (χ2v) is 6.95. The molecule has 120 valence electrons. The van der Waals surface area contributed by atoms with E-state index in [1.54, 1.807) is 0 Å². The van der Waals surface area contributed by atoms with Crippen molar-refractivity contribution >= 4 is 0 Å². The first kappa shape index (κ1) is 18.2. The maximum absolute atomic E-state index is 10.9. The van der Waals surface area contributed by atoms with Gasteiger partial charge in [0.2, 0.25) is 0 Å². The van der Waals surface area contributed by atoms with Gasteiger partial charge in [0.1, 0.15) is 0 Å². The van der Waals surface area contributed by atoms with Crippen LogP contribution in [-0.2, 0) is 0 Å². The minimum Gasteiger partial charge on any atom is -0.388 e. The van der Waals surface area contributed by atoms with Crippen molar-refractivity contribution in [2.45, 2.75) is 85.2 Å². The number of hydrogen-bond donors (Lipinski definition) is 1. The minimum atomic E-state index is -0.319. The second-order valence-electron chi connectivity index (χ2n) is 6.95. The summed E-state index contributed by atoms with van der Waals surface area (Å²) in [5.74, 6) is 1.38. The first-order valence-electron chi connectivity index (χ1n) is 8.74. The molecule has 0 bridgehead atoms. The Morgan fingerprint density at radius 2 is 1.62 bits per heavy atom. The maximum Gasteiger partial charge on any atom is 0.0820 e. The standard InChI is InChI=1S/C20H34O/c1-7-9-10-16(8-2)20(21)18-12-11-17(14(3)4)13-19(18)15(5)6/h11-16,20-21H,7-10H2,1-6H3. The number of aliphatic hydroxyl groups excluding tert-OH is 1. The van der Waals surface area contributed by atoms with Crippen LogP contribution in [0.3, 0.4) is 0 Å². The van der Waals surface area contributed by atoms with E-state index in [1.165, 1.54) is 24.0 Å². The van der Waals surface area contributed by atoms with Crippen LogP contribution in [0.4, 0.5) is 0 Å². The lowest BCUT2D eigenvalue weighted by atomic mass is 9.83. The summed E-state index contributed by atoms with van der Waals surface area (Å²) in [4.78, 5) is 0. The predicted molar refractivity (Wildman–Crippen MR) is 92.9 cm³/mol. The van der Waals surface area contributed by atoms with Gasteiger partial charge in [0.15, 0.2) is 0 Å². The molecule has 2 unspecified atom stereocenters. The first-order chi connectivity index (χ1) is 9.92. The van der Waals surface area contributed by atoms with E-state index < -0.39 is 0 Å². The van der Waals surface area contributed by atoms with Gasteiger partial charge in [-0.25, -0.2) is 0 Å². The highest BCUT2D eigenvalue weighted by Crippen LogP contribution is 2.35. The molecule has 1 aromatic rings. The lowest BCUT2D eigenvalue weighted by Gasteiger charge is -2.26. The van der Waals surface area contributed by atoms with Crippen molar-refractivity contribution < 1.29 is 5.11 Å². The van der Waals surface area contributed by atoms with Crippen molar-refractivity contribution in [2.75, 3.05) is 0 Å². The summed E-state index contributed by atoms with van der Waals surface area (Å²) in [5.41, 5.74) is 3.84. The van der Waals surface area contributed by atoms with E-state index >= 15 is 0 Å². The first-order valence-corrected chi connectivity index (χ1v) is 8.74. The normalized spacial score (nSPS) is 14.7. The number of aliphatic hydroxyl groups is 1. The third-order valence-corrected chi connectivity index (χ3v) is 4.62. The fraction of sp³-hybridized carbons (Fsp3) is 0.700. The Hall–Kier alpha value is -0.820. The molecule has 0 spiro atoms. The zero-order valence-corrected chi connectivity index (χ0v) is 14.8. The molecule has 1 nitrogen and oxygen atoms in total. The molecule has 0 aliphatic heterocycles. The molecule has 0 amide bonds. The van der Waals surface area contributed by atoms with Crippen molar-refractivity contribution in [2.24, 2.45) is 5.92 Å². The van der Waals surface area contributed by atoms with Crippen LogP contribution in [0.5, 0.6) is 0 Å². The van der Waals surface area contributed by atoms with Crippen LogP contribution in [0.15, 0.2) is 18.2 Å². The molecular weight excluding hydrogens is 256 g/mol. The highest BCUT2D eigenvalue weighted by molar-refractivity contribution is 5.37. The Kier molecular flexibility index (Phi) is 7.45. The Balaban J connectivity index is 3.09. The van der Waals surface area contributed by atoms with Gasteiger partial charge in [-0.2, -0.15) is 0 Å². The molecule has 1 aromatic carbocycles. The van der Waals surface area contributed by atoms with Crippen molar-refractivity contribution in [3.63, 3.8) is 0 Å². The SMILES string of the molecule is CCCCC(CC)C(O)c1ccc(C(C)C)cc1C(C)C.